The lowest BCUT2D eigenvalue weighted by atomic mass is 10.2. The fraction of sp³-hybridized carbons (Fsp3) is 0.238. The van der Waals surface area contributed by atoms with Gasteiger partial charge in [-0.3, -0.25) is 9.48 Å². The summed E-state index contributed by atoms with van der Waals surface area (Å²) in [4.78, 5) is 12.4. The summed E-state index contributed by atoms with van der Waals surface area (Å²) in [6.07, 6.45) is 2.84. The highest BCUT2D eigenvalue weighted by atomic mass is 32.2. The van der Waals surface area contributed by atoms with Crippen LogP contribution in [-0.4, -0.2) is 42.6 Å². The van der Waals surface area contributed by atoms with E-state index in [1.807, 2.05) is 24.3 Å². The molecule has 4 rings (SSSR count). The number of rotatable bonds is 7. The second kappa shape index (κ2) is 8.58. The molecule has 0 unspecified atom stereocenters. The number of amides is 1. The largest absolute Gasteiger partial charge is 0.486 e. The first-order valence-electron chi connectivity index (χ1n) is 9.48. The average molecular weight is 427 g/mol. The van der Waals surface area contributed by atoms with Crippen molar-refractivity contribution >= 4 is 21.4 Å². The van der Waals surface area contributed by atoms with Crippen LogP contribution in [-0.2, 0) is 21.2 Å². The van der Waals surface area contributed by atoms with E-state index < -0.39 is 9.84 Å². The molecule has 8 nitrogen and oxygen atoms in total. The molecule has 0 spiro atoms. The van der Waals surface area contributed by atoms with E-state index in [2.05, 4.69) is 10.4 Å². The SMILES string of the molecule is O=C(CCS(=O)(=O)c1ccccc1)Nc1cnn(C[C@H]2COc3ccccc3O2)c1. The van der Waals surface area contributed by atoms with Crippen molar-refractivity contribution in [2.24, 2.45) is 0 Å². The van der Waals surface area contributed by atoms with Crippen molar-refractivity contribution in [3.8, 4) is 11.5 Å². The minimum atomic E-state index is -3.50. The molecule has 2 heterocycles. The van der Waals surface area contributed by atoms with Gasteiger partial charge in [-0.2, -0.15) is 5.10 Å². The lowest BCUT2D eigenvalue weighted by molar-refractivity contribution is -0.115. The van der Waals surface area contributed by atoms with Gasteiger partial charge >= 0.3 is 0 Å². The molecule has 0 aliphatic carbocycles. The summed E-state index contributed by atoms with van der Waals surface area (Å²) < 4.78 is 37.8. The number of carbonyl (C=O) groups is 1. The van der Waals surface area contributed by atoms with E-state index >= 15 is 0 Å². The van der Waals surface area contributed by atoms with Crippen LogP contribution in [0.5, 0.6) is 11.5 Å². The van der Waals surface area contributed by atoms with Gasteiger partial charge in [0.1, 0.15) is 6.61 Å². The van der Waals surface area contributed by atoms with Crippen molar-refractivity contribution in [2.45, 2.75) is 24.0 Å². The number of para-hydroxylation sites is 2. The third-order valence-electron chi connectivity index (χ3n) is 4.58. The number of benzene rings is 2. The first kappa shape index (κ1) is 20.0. The normalized spacial score (nSPS) is 15.5. The van der Waals surface area contributed by atoms with Crippen molar-refractivity contribution in [2.75, 3.05) is 17.7 Å². The van der Waals surface area contributed by atoms with Crippen LogP contribution in [0.25, 0.3) is 0 Å². The fourth-order valence-corrected chi connectivity index (χ4v) is 4.35. The topological polar surface area (TPSA) is 99.5 Å². The standard InChI is InChI=1S/C21H21N3O5S/c25-21(10-11-30(26,27)18-6-2-1-3-7-18)23-16-12-22-24(13-16)14-17-15-28-19-8-4-5-9-20(19)29-17/h1-9,12-13,17H,10-11,14-15H2,(H,23,25)/t17-/m0/s1. The molecule has 9 heteroatoms. The summed E-state index contributed by atoms with van der Waals surface area (Å²) in [5, 5.41) is 6.90. The van der Waals surface area contributed by atoms with Crippen LogP contribution in [0.3, 0.4) is 0 Å². The third kappa shape index (κ3) is 4.80. The maximum atomic E-state index is 12.3. The molecule has 1 aliphatic rings. The number of nitrogens with one attached hydrogen (secondary N) is 1. The average Bonchev–Trinajstić information content (AvgIpc) is 3.19. The number of sulfone groups is 1. The lowest BCUT2D eigenvalue weighted by Crippen LogP contribution is -2.33. The quantitative estimate of drug-likeness (QED) is 0.622. The van der Waals surface area contributed by atoms with E-state index in [1.54, 1.807) is 29.1 Å². The number of hydrogen-bond acceptors (Lipinski definition) is 6. The van der Waals surface area contributed by atoms with E-state index in [4.69, 9.17) is 9.47 Å². The maximum absolute atomic E-state index is 12.3. The maximum Gasteiger partial charge on any atom is 0.225 e. The van der Waals surface area contributed by atoms with Gasteiger partial charge < -0.3 is 14.8 Å². The molecular formula is C21H21N3O5S. The second-order valence-electron chi connectivity index (χ2n) is 6.88. The molecule has 1 aliphatic heterocycles. The van der Waals surface area contributed by atoms with Gasteiger partial charge in [-0.15, -0.1) is 0 Å². The van der Waals surface area contributed by atoms with Gasteiger partial charge in [-0.05, 0) is 24.3 Å². The Labute approximate surface area is 174 Å². The first-order valence-corrected chi connectivity index (χ1v) is 11.1. The first-order chi connectivity index (χ1) is 14.5. The minimum Gasteiger partial charge on any atom is -0.486 e. The van der Waals surface area contributed by atoms with Gasteiger partial charge in [0.25, 0.3) is 0 Å². The third-order valence-corrected chi connectivity index (χ3v) is 6.31. The number of hydrogen-bond donors (Lipinski definition) is 1. The number of carbonyl (C=O) groups excluding carboxylic acids is 1. The summed E-state index contributed by atoms with van der Waals surface area (Å²) >= 11 is 0. The predicted octanol–water partition coefficient (Wildman–Crippen LogP) is 2.53. The van der Waals surface area contributed by atoms with E-state index in [-0.39, 0.29) is 29.1 Å². The Morgan fingerprint density at radius 1 is 1.10 bits per heavy atom. The Morgan fingerprint density at radius 3 is 2.63 bits per heavy atom. The van der Waals surface area contributed by atoms with Crippen molar-refractivity contribution in [3.63, 3.8) is 0 Å². The molecule has 0 bridgehead atoms. The van der Waals surface area contributed by atoms with Crippen LogP contribution in [0.4, 0.5) is 5.69 Å². The van der Waals surface area contributed by atoms with Crippen molar-refractivity contribution < 1.29 is 22.7 Å². The number of ether oxygens (including phenoxy) is 2. The molecule has 156 valence electrons. The predicted molar refractivity (Wildman–Crippen MR) is 110 cm³/mol. The highest BCUT2D eigenvalue weighted by Crippen LogP contribution is 2.31. The molecule has 1 N–H and O–H groups in total. The lowest BCUT2D eigenvalue weighted by Gasteiger charge is -2.26. The molecule has 0 saturated heterocycles. The number of aromatic nitrogens is 2. The van der Waals surface area contributed by atoms with E-state index in [9.17, 15) is 13.2 Å². The Bertz CT molecular complexity index is 1130. The van der Waals surface area contributed by atoms with Crippen LogP contribution < -0.4 is 14.8 Å². The molecule has 2 aromatic carbocycles. The van der Waals surface area contributed by atoms with E-state index in [0.717, 1.165) is 0 Å². The number of anilines is 1. The second-order valence-corrected chi connectivity index (χ2v) is 8.99. The van der Waals surface area contributed by atoms with Crippen LogP contribution in [0, 0.1) is 0 Å². The van der Waals surface area contributed by atoms with Crippen molar-refractivity contribution in [3.05, 3.63) is 67.0 Å². The van der Waals surface area contributed by atoms with E-state index in [0.29, 0.717) is 30.3 Å². The van der Waals surface area contributed by atoms with Crippen molar-refractivity contribution in [1.82, 2.24) is 9.78 Å². The Hall–Kier alpha value is -3.33. The van der Waals surface area contributed by atoms with Gasteiger partial charge in [-0.25, -0.2) is 8.42 Å². The molecule has 0 radical (unpaired) electrons. The Kier molecular flexibility index (Phi) is 5.71. The Morgan fingerprint density at radius 2 is 1.83 bits per heavy atom. The molecule has 0 fully saturated rings. The van der Waals surface area contributed by atoms with Crippen molar-refractivity contribution in [1.29, 1.82) is 0 Å². The summed E-state index contributed by atoms with van der Waals surface area (Å²) in [6.45, 7) is 0.850. The highest BCUT2D eigenvalue weighted by molar-refractivity contribution is 7.91. The molecule has 1 aromatic heterocycles. The molecule has 0 saturated carbocycles. The molecule has 30 heavy (non-hydrogen) atoms. The van der Waals surface area contributed by atoms with Gasteiger partial charge in [-0.1, -0.05) is 30.3 Å². The zero-order valence-corrected chi connectivity index (χ0v) is 16.9. The van der Waals surface area contributed by atoms with Crippen LogP contribution >= 0.6 is 0 Å². The van der Waals surface area contributed by atoms with Crippen LogP contribution in [0.15, 0.2) is 71.9 Å². The zero-order valence-electron chi connectivity index (χ0n) is 16.1. The van der Waals surface area contributed by atoms with Gasteiger partial charge in [0.15, 0.2) is 27.4 Å². The summed E-state index contributed by atoms with van der Waals surface area (Å²) in [5.41, 5.74) is 0.495. The highest BCUT2D eigenvalue weighted by Gasteiger charge is 2.21. The smallest absolute Gasteiger partial charge is 0.225 e. The van der Waals surface area contributed by atoms with Gasteiger partial charge in [0, 0.05) is 12.6 Å². The fourth-order valence-electron chi connectivity index (χ4n) is 3.09. The van der Waals surface area contributed by atoms with E-state index in [1.165, 1.54) is 18.3 Å². The van der Waals surface area contributed by atoms with Crippen LogP contribution in [0.1, 0.15) is 6.42 Å². The summed E-state index contributed by atoms with van der Waals surface area (Å²) in [6, 6.07) is 15.6. The Balaban J connectivity index is 1.29. The monoisotopic (exact) mass is 427 g/mol. The van der Waals surface area contributed by atoms with Gasteiger partial charge in [0.2, 0.25) is 5.91 Å². The minimum absolute atomic E-state index is 0.140. The van der Waals surface area contributed by atoms with Gasteiger partial charge in [0.05, 0.1) is 29.1 Å². The summed E-state index contributed by atoms with van der Waals surface area (Å²) in [5.74, 6) is 0.755. The molecule has 1 amide bonds. The zero-order chi connectivity index (χ0) is 21.0. The molecule has 3 aromatic rings. The number of nitrogens with zero attached hydrogens (tertiary/aromatic N) is 2. The molecular weight excluding hydrogens is 406 g/mol. The van der Waals surface area contributed by atoms with Crippen LogP contribution in [0.2, 0.25) is 0 Å². The molecule has 1 atom stereocenters. The summed E-state index contributed by atoms with van der Waals surface area (Å²) in [7, 11) is -3.50. The number of fused-ring (bicyclic) bond motifs is 1.